The summed E-state index contributed by atoms with van der Waals surface area (Å²) in [7, 11) is 0. The average molecular weight is 397 g/mol. The number of carbonyl (C=O) groups is 1. The van der Waals surface area contributed by atoms with Crippen LogP contribution in [0.25, 0.3) is 10.2 Å². The Kier molecular flexibility index (Phi) is 4.97. The molecule has 0 aliphatic carbocycles. The summed E-state index contributed by atoms with van der Waals surface area (Å²) in [6.07, 6.45) is 1.90. The van der Waals surface area contributed by atoms with E-state index in [1.165, 1.54) is 16.9 Å². The summed E-state index contributed by atoms with van der Waals surface area (Å²) >= 11 is 7.71. The van der Waals surface area contributed by atoms with Gasteiger partial charge in [0.1, 0.15) is 11.3 Å². The normalized spacial score (nSPS) is 11.0. The number of rotatable bonds is 5. The van der Waals surface area contributed by atoms with Crippen molar-refractivity contribution in [2.24, 2.45) is 0 Å². The molecule has 0 atom stereocenters. The SMILES string of the molecule is Cc1ccc(CC(=O)N(Cc2ccco2)c2nc3c(Cl)cccc3s2)cc1. The van der Waals surface area contributed by atoms with Crippen molar-refractivity contribution in [1.82, 2.24) is 4.98 Å². The summed E-state index contributed by atoms with van der Waals surface area (Å²) in [5.74, 6) is 0.669. The molecule has 1 amide bonds. The average Bonchev–Trinajstić information content (AvgIpc) is 3.31. The first-order valence-corrected chi connectivity index (χ1v) is 9.73. The Morgan fingerprint density at radius 2 is 1.96 bits per heavy atom. The van der Waals surface area contributed by atoms with Crippen molar-refractivity contribution >= 4 is 44.2 Å². The van der Waals surface area contributed by atoms with Crippen molar-refractivity contribution in [3.63, 3.8) is 0 Å². The molecule has 4 aromatic rings. The quantitative estimate of drug-likeness (QED) is 0.439. The molecule has 136 valence electrons. The van der Waals surface area contributed by atoms with Crippen LogP contribution in [0, 0.1) is 6.92 Å². The van der Waals surface area contributed by atoms with E-state index in [0.29, 0.717) is 34.4 Å². The van der Waals surface area contributed by atoms with Crippen LogP contribution in [0.5, 0.6) is 0 Å². The minimum Gasteiger partial charge on any atom is -0.467 e. The number of nitrogens with zero attached hydrogens (tertiary/aromatic N) is 2. The molecule has 0 N–H and O–H groups in total. The maximum atomic E-state index is 13.1. The smallest absolute Gasteiger partial charge is 0.233 e. The van der Waals surface area contributed by atoms with Crippen molar-refractivity contribution < 1.29 is 9.21 Å². The summed E-state index contributed by atoms with van der Waals surface area (Å²) in [6, 6.07) is 17.3. The molecule has 0 radical (unpaired) electrons. The number of fused-ring (bicyclic) bond motifs is 1. The number of para-hydroxylation sites is 1. The van der Waals surface area contributed by atoms with Gasteiger partial charge in [0.25, 0.3) is 0 Å². The van der Waals surface area contributed by atoms with Crippen LogP contribution in [0.3, 0.4) is 0 Å². The number of furan rings is 1. The van der Waals surface area contributed by atoms with Gasteiger partial charge in [-0.15, -0.1) is 0 Å². The van der Waals surface area contributed by atoms with E-state index >= 15 is 0 Å². The highest BCUT2D eigenvalue weighted by Gasteiger charge is 2.22. The second kappa shape index (κ2) is 7.55. The Bertz CT molecular complexity index is 1070. The fourth-order valence-corrected chi connectivity index (χ4v) is 4.10. The third-order valence-corrected chi connectivity index (χ3v) is 5.61. The summed E-state index contributed by atoms with van der Waals surface area (Å²) in [4.78, 5) is 19.4. The number of hydrogen-bond donors (Lipinski definition) is 0. The molecule has 0 bridgehead atoms. The summed E-state index contributed by atoms with van der Waals surface area (Å²) < 4.78 is 6.41. The van der Waals surface area contributed by atoms with Gasteiger partial charge in [0.05, 0.1) is 29.0 Å². The Balaban J connectivity index is 1.68. The lowest BCUT2D eigenvalue weighted by Crippen LogP contribution is -2.31. The number of benzene rings is 2. The van der Waals surface area contributed by atoms with Crippen LogP contribution in [-0.2, 0) is 17.8 Å². The van der Waals surface area contributed by atoms with Gasteiger partial charge in [0.2, 0.25) is 5.91 Å². The molecule has 0 fully saturated rings. The molecule has 2 heterocycles. The molecule has 4 nitrogen and oxygen atoms in total. The summed E-state index contributed by atoms with van der Waals surface area (Å²) in [5.41, 5.74) is 2.85. The van der Waals surface area contributed by atoms with Gasteiger partial charge >= 0.3 is 0 Å². The molecule has 4 rings (SSSR count). The highest BCUT2D eigenvalue weighted by atomic mass is 35.5. The maximum Gasteiger partial charge on any atom is 0.233 e. The van der Waals surface area contributed by atoms with E-state index in [-0.39, 0.29) is 5.91 Å². The highest BCUT2D eigenvalue weighted by Crippen LogP contribution is 2.33. The number of aryl methyl sites for hydroxylation is 1. The number of amides is 1. The second-order valence-corrected chi connectivity index (χ2v) is 7.72. The number of thiazole rings is 1. The Morgan fingerprint density at radius 3 is 2.67 bits per heavy atom. The van der Waals surface area contributed by atoms with E-state index in [0.717, 1.165) is 10.3 Å². The van der Waals surface area contributed by atoms with Crippen molar-refractivity contribution in [3.8, 4) is 0 Å². The molecule has 0 saturated carbocycles. The number of hydrogen-bond acceptors (Lipinski definition) is 4. The molecule has 0 aliphatic heterocycles. The first-order valence-electron chi connectivity index (χ1n) is 8.53. The topological polar surface area (TPSA) is 46.3 Å². The third-order valence-electron chi connectivity index (χ3n) is 4.26. The fraction of sp³-hybridized carbons (Fsp3) is 0.143. The van der Waals surface area contributed by atoms with Gasteiger partial charge in [-0.3, -0.25) is 9.69 Å². The monoisotopic (exact) mass is 396 g/mol. The number of halogens is 1. The van der Waals surface area contributed by atoms with Gasteiger partial charge in [-0.1, -0.05) is 58.8 Å². The predicted molar refractivity (Wildman–Crippen MR) is 109 cm³/mol. The number of anilines is 1. The van der Waals surface area contributed by atoms with Gasteiger partial charge in [0, 0.05) is 0 Å². The molecule has 27 heavy (non-hydrogen) atoms. The lowest BCUT2D eigenvalue weighted by molar-refractivity contribution is -0.118. The van der Waals surface area contributed by atoms with Gasteiger partial charge in [-0.2, -0.15) is 0 Å². The zero-order chi connectivity index (χ0) is 18.8. The van der Waals surface area contributed by atoms with E-state index in [1.54, 1.807) is 17.2 Å². The van der Waals surface area contributed by atoms with Gasteiger partial charge in [-0.25, -0.2) is 4.98 Å². The van der Waals surface area contributed by atoms with E-state index in [4.69, 9.17) is 16.0 Å². The van der Waals surface area contributed by atoms with Crippen LogP contribution in [-0.4, -0.2) is 10.9 Å². The summed E-state index contributed by atoms with van der Waals surface area (Å²) in [6.45, 7) is 2.36. The molecule has 0 aliphatic rings. The molecule has 0 saturated heterocycles. The lowest BCUT2D eigenvalue weighted by Gasteiger charge is -2.19. The largest absolute Gasteiger partial charge is 0.467 e. The molecular formula is C21H17ClN2O2S. The molecule has 2 aromatic heterocycles. The predicted octanol–water partition coefficient (Wildman–Crippen LogP) is 5.63. The van der Waals surface area contributed by atoms with Crippen LogP contribution < -0.4 is 4.90 Å². The van der Waals surface area contributed by atoms with E-state index < -0.39 is 0 Å². The highest BCUT2D eigenvalue weighted by molar-refractivity contribution is 7.22. The lowest BCUT2D eigenvalue weighted by atomic mass is 10.1. The zero-order valence-electron chi connectivity index (χ0n) is 14.7. The molecular weight excluding hydrogens is 380 g/mol. The third kappa shape index (κ3) is 3.89. The standard InChI is InChI=1S/C21H17ClN2O2S/c1-14-7-9-15(10-8-14)12-19(25)24(13-16-4-3-11-26-16)21-23-20-17(22)5-2-6-18(20)27-21/h2-11H,12-13H2,1H3. The molecule has 0 spiro atoms. The Hall–Kier alpha value is -2.63. The van der Waals surface area contributed by atoms with Crippen LogP contribution in [0.4, 0.5) is 5.13 Å². The van der Waals surface area contributed by atoms with E-state index in [9.17, 15) is 4.79 Å². The van der Waals surface area contributed by atoms with Crippen molar-refractivity contribution in [3.05, 3.63) is 82.8 Å². The number of carbonyl (C=O) groups excluding carboxylic acids is 1. The van der Waals surface area contributed by atoms with Crippen molar-refractivity contribution in [2.45, 2.75) is 19.9 Å². The van der Waals surface area contributed by atoms with Gasteiger partial charge < -0.3 is 4.42 Å². The van der Waals surface area contributed by atoms with E-state index in [2.05, 4.69) is 4.98 Å². The van der Waals surface area contributed by atoms with Crippen LogP contribution in [0.15, 0.2) is 65.3 Å². The molecule has 2 aromatic carbocycles. The fourth-order valence-electron chi connectivity index (χ4n) is 2.82. The zero-order valence-corrected chi connectivity index (χ0v) is 16.3. The Morgan fingerprint density at radius 1 is 1.15 bits per heavy atom. The van der Waals surface area contributed by atoms with Crippen LogP contribution in [0.1, 0.15) is 16.9 Å². The van der Waals surface area contributed by atoms with Crippen LogP contribution >= 0.6 is 22.9 Å². The Labute approximate surface area is 166 Å². The maximum absolute atomic E-state index is 13.1. The van der Waals surface area contributed by atoms with Crippen molar-refractivity contribution in [1.29, 1.82) is 0 Å². The second-order valence-electron chi connectivity index (χ2n) is 6.30. The number of aromatic nitrogens is 1. The minimum absolute atomic E-state index is 0.0366. The van der Waals surface area contributed by atoms with Gasteiger partial charge in [-0.05, 0) is 36.8 Å². The first-order chi connectivity index (χ1) is 13.1. The molecule has 0 unspecified atom stereocenters. The van der Waals surface area contributed by atoms with Gasteiger partial charge in [0.15, 0.2) is 5.13 Å². The van der Waals surface area contributed by atoms with Crippen LogP contribution in [0.2, 0.25) is 5.02 Å². The summed E-state index contributed by atoms with van der Waals surface area (Å²) in [5, 5.41) is 1.20. The van der Waals surface area contributed by atoms with Crippen molar-refractivity contribution in [2.75, 3.05) is 4.90 Å². The first kappa shape index (κ1) is 17.8. The minimum atomic E-state index is -0.0366. The van der Waals surface area contributed by atoms with E-state index in [1.807, 2.05) is 55.5 Å². The molecule has 6 heteroatoms.